The Kier molecular flexibility index (Phi) is 9.12. The zero-order valence-electron chi connectivity index (χ0n) is 40.6. The highest BCUT2D eigenvalue weighted by Gasteiger charge is 2.51. The molecule has 0 fully saturated rings. The quantitative estimate of drug-likeness (QED) is 0.164. The molecular weight excluding hydrogens is 901 g/mol. The Balaban J connectivity index is 0.887. The summed E-state index contributed by atoms with van der Waals surface area (Å²) >= 11 is 1.88. The second-order valence-electron chi connectivity index (χ2n) is 20.4. The van der Waals surface area contributed by atoms with E-state index in [0.29, 0.717) is 0 Å². The molecule has 0 atom stereocenters. The van der Waals surface area contributed by atoms with Gasteiger partial charge in [0.25, 0.3) is 0 Å². The number of nitrogens with zero attached hydrogens (tertiary/aromatic N) is 2. The van der Waals surface area contributed by atoms with Crippen LogP contribution in [0.3, 0.4) is 0 Å². The molecule has 1 spiro atoms. The molecule has 3 aliphatic rings. The van der Waals surface area contributed by atoms with Gasteiger partial charge in [-0.3, -0.25) is 0 Å². The van der Waals surface area contributed by atoms with E-state index in [9.17, 15) is 0 Å². The lowest BCUT2D eigenvalue weighted by Gasteiger charge is -2.45. The Morgan fingerprint density at radius 1 is 0.329 bits per heavy atom. The van der Waals surface area contributed by atoms with E-state index in [1.807, 2.05) is 11.3 Å². The van der Waals surface area contributed by atoms with Gasteiger partial charge in [-0.2, -0.15) is 0 Å². The number of thiophene rings is 1. The highest BCUT2D eigenvalue weighted by Crippen LogP contribution is 2.64. The van der Waals surface area contributed by atoms with Gasteiger partial charge in [0.15, 0.2) is 0 Å². The molecule has 0 saturated heterocycles. The largest absolute Gasteiger partial charge is 0.310 e. The lowest BCUT2D eigenvalue weighted by atomic mass is 9.64. The van der Waals surface area contributed by atoms with E-state index in [2.05, 4.69) is 278 Å². The normalized spacial score (nSPS) is 14.1. The Morgan fingerprint density at radius 3 is 1.52 bits per heavy atom. The molecule has 0 N–H and O–H groups in total. The van der Waals surface area contributed by atoms with Crippen LogP contribution in [0.25, 0.3) is 64.7 Å². The van der Waals surface area contributed by atoms with E-state index in [1.165, 1.54) is 109 Å². The van der Waals surface area contributed by atoms with Gasteiger partial charge in [0.1, 0.15) is 0 Å². The first-order valence-electron chi connectivity index (χ1n) is 25.4. The van der Waals surface area contributed by atoms with Crippen molar-refractivity contribution in [3.05, 3.63) is 288 Å². The van der Waals surface area contributed by atoms with Gasteiger partial charge in [0, 0.05) is 48.3 Å². The second kappa shape index (κ2) is 15.9. The number of benzene rings is 11. The fraction of sp³-hybridized carbons (Fsp3) is 0.0571. The monoisotopic (exact) mass is 948 g/mol. The Labute approximate surface area is 430 Å². The van der Waals surface area contributed by atoms with Crippen LogP contribution in [0.5, 0.6) is 0 Å². The van der Waals surface area contributed by atoms with Gasteiger partial charge in [-0.25, -0.2) is 0 Å². The number of hydrogen-bond donors (Lipinski definition) is 0. The molecule has 12 aromatic rings. The molecule has 2 aliphatic carbocycles. The predicted molar refractivity (Wildman–Crippen MR) is 308 cm³/mol. The summed E-state index contributed by atoms with van der Waals surface area (Å²) < 4.78 is 2.57. The summed E-state index contributed by atoms with van der Waals surface area (Å²) in [5, 5.41) is 2.54. The minimum Gasteiger partial charge on any atom is -0.310 e. The lowest BCUT2D eigenvalue weighted by Crippen LogP contribution is -2.36. The summed E-state index contributed by atoms with van der Waals surface area (Å²) in [7, 11) is 0. The Bertz CT molecular complexity index is 4140. The number of para-hydroxylation sites is 3. The lowest BCUT2D eigenvalue weighted by molar-refractivity contribution is 0.660. The fourth-order valence-corrected chi connectivity index (χ4v) is 14.0. The van der Waals surface area contributed by atoms with Gasteiger partial charge in [0.05, 0.1) is 16.8 Å². The molecule has 0 radical (unpaired) electrons. The summed E-state index contributed by atoms with van der Waals surface area (Å²) in [6.45, 7) is 4.74. The first-order valence-corrected chi connectivity index (χ1v) is 26.2. The average Bonchev–Trinajstić information content (AvgIpc) is 4.13. The average molecular weight is 949 g/mol. The maximum atomic E-state index is 2.51. The molecule has 3 heteroatoms. The van der Waals surface area contributed by atoms with Crippen LogP contribution >= 0.6 is 11.3 Å². The minimum atomic E-state index is -0.521. The number of fused-ring (bicyclic) bond motifs is 15. The summed E-state index contributed by atoms with van der Waals surface area (Å²) in [4.78, 5) is 4.91. The van der Waals surface area contributed by atoms with Crippen LogP contribution in [-0.2, 0) is 10.8 Å². The van der Waals surface area contributed by atoms with Crippen molar-refractivity contribution >= 4 is 65.6 Å². The molecule has 344 valence electrons. The third kappa shape index (κ3) is 6.10. The first kappa shape index (κ1) is 42.0. The summed E-state index contributed by atoms with van der Waals surface area (Å²) in [5.74, 6) is 0. The van der Waals surface area contributed by atoms with Gasteiger partial charge in [-0.05, 0) is 163 Å². The SMILES string of the molecule is CC1(C)c2ccccc2-c2ccc(N(c3ccc(-c4ccccc4)cc3)c3ccc4sc5ccc(-c6ccc7c(c6)C6(c8ccccc8-7)c7ccccc7N(c7ccccc7)c7ccccc76)cc5c4c3)cc21. The van der Waals surface area contributed by atoms with E-state index >= 15 is 0 Å². The zero-order valence-corrected chi connectivity index (χ0v) is 41.4. The van der Waals surface area contributed by atoms with Crippen LogP contribution in [0.2, 0.25) is 0 Å². The maximum Gasteiger partial charge on any atom is 0.0754 e. The smallest absolute Gasteiger partial charge is 0.0754 e. The van der Waals surface area contributed by atoms with Gasteiger partial charge in [0.2, 0.25) is 0 Å². The topological polar surface area (TPSA) is 6.48 Å². The fourth-order valence-electron chi connectivity index (χ4n) is 12.9. The number of anilines is 6. The molecule has 2 nitrogen and oxygen atoms in total. The van der Waals surface area contributed by atoms with Crippen LogP contribution < -0.4 is 9.80 Å². The van der Waals surface area contributed by atoms with Crippen molar-refractivity contribution in [1.29, 1.82) is 0 Å². The molecule has 11 aromatic carbocycles. The summed E-state index contributed by atoms with van der Waals surface area (Å²) in [6.07, 6.45) is 0. The van der Waals surface area contributed by atoms with Crippen molar-refractivity contribution in [2.24, 2.45) is 0 Å². The first-order chi connectivity index (χ1) is 35.9. The third-order valence-electron chi connectivity index (χ3n) is 16.3. The summed E-state index contributed by atoms with van der Waals surface area (Å²) in [5.41, 5.74) is 24.4. The molecule has 73 heavy (non-hydrogen) atoms. The molecule has 0 unspecified atom stereocenters. The predicted octanol–water partition coefficient (Wildman–Crippen LogP) is 19.3. The minimum absolute atomic E-state index is 0.124. The Hall–Kier alpha value is -8.76. The highest BCUT2D eigenvalue weighted by atomic mass is 32.1. The molecule has 0 bridgehead atoms. The molecule has 2 heterocycles. The summed E-state index contributed by atoms with van der Waals surface area (Å²) in [6, 6.07) is 95.3. The van der Waals surface area contributed by atoms with Gasteiger partial charge >= 0.3 is 0 Å². The van der Waals surface area contributed by atoms with Crippen LogP contribution in [0.1, 0.15) is 47.2 Å². The van der Waals surface area contributed by atoms with Crippen molar-refractivity contribution in [3.63, 3.8) is 0 Å². The third-order valence-corrected chi connectivity index (χ3v) is 17.4. The van der Waals surface area contributed by atoms with Gasteiger partial charge in [-0.1, -0.05) is 184 Å². The van der Waals surface area contributed by atoms with Crippen LogP contribution in [0.4, 0.5) is 34.1 Å². The van der Waals surface area contributed by atoms with Crippen molar-refractivity contribution in [2.75, 3.05) is 9.80 Å². The number of rotatable bonds is 6. The molecule has 15 rings (SSSR count). The van der Waals surface area contributed by atoms with E-state index < -0.39 is 5.41 Å². The highest BCUT2D eigenvalue weighted by molar-refractivity contribution is 7.25. The van der Waals surface area contributed by atoms with E-state index in [4.69, 9.17) is 0 Å². The zero-order chi connectivity index (χ0) is 48.4. The molecule has 0 saturated carbocycles. The van der Waals surface area contributed by atoms with Gasteiger partial charge < -0.3 is 9.80 Å². The van der Waals surface area contributed by atoms with E-state index in [1.54, 1.807) is 0 Å². The second-order valence-corrected chi connectivity index (χ2v) is 21.5. The van der Waals surface area contributed by atoms with Crippen LogP contribution in [-0.4, -0.2) is 0 Å². The van der Waals surface area contributed by atoms with Crippen LogP contribution in [0, 0.1) is 0 Å². The van der Waals surface area contributed by atoms with Crippen LogP contribution in [0.15, 0.2) is 255 Å². The molecule has 1 aromatic heterocycles. The van der Waals surface area contributed by atoms with Crippen molar-refractivity contribution < 1.29 is 0 Å². The molecule has 1 aliphatic heterocycles. The van der Waals surface area contributed by atoms with Crippen molar-refractivity contribution in [3.8, 4) is 44.5 Å². The van der Waals surface area contributed by atoms with Gasteiger partial charge in [-0.15, -0.1) is 11.3 Å². The Morgan fingerprint density at radius 2 is 0.795 bits per heavy atom. The van der Waals surface area contributed by atoms with E-state index in [0.717, 1.165) is 22.7 Å². The standard InChI is InChI=1S/C70H48N2S/c1-69(2)59-23-11-9-21-53(59)55-38-35-52(44-63(55)69)71(50-33-29-46(30-34-50)45-17-5-3-6-18-45)51-36-40-68-58(43-51)57-41-47(32-39-67(57)73-68)48-31-37-56-54-22-10-12-24-60(54)70(64(56)42-48)61-25-13-15-27-65(61)72(49-19-7-4-8-20-49)66-28-16-14-26-62(66)70/h3-44H,1-2H3. The molecule has 0 amide bonds. The van der Waals surface area contributed by atoms with Crippen molar-refractivity contribution in [2.45, 2.75) is 24.7 Å². The molecular formula is C70H48N2S. The van der Waals surface area contributed by atoms with Crippen molar-refractivity contribution in [1.82, 2.24) is 0 Å². The van der Waals surface area contributed by atoms with E-state index in [-0.39, 0.29) is 5.41 Å². The number of hydrogen-bond acceptors (Lipinski definition) is 3. The maximum absolute atomic E-state index is 2.51.